The van der Waals surface area contributed by atoms with E-state index in [2.05, 4.69) is 0 Å². The number of hydrogen-bond donors (Lipinski definition) is 3. The summed E-state index contributed by atoms with van der Waals surface area (Å²) in [5.74, 6) is -3.87. The summed E-state index contributed by atoms with van der Waals surface area (Å²) in [6.07, 6.45) is -9.26. The maximum Gasteiger partial charge on any atom is 0.333 e. The van der Waals surface area contributed by atoms with Gasteiger partial charge in [-0.05, 0) is 51.7 Å². The third-order valence-electron chi connectivity index (χ3n) is 10.2. The largest absolute Gasteiger partial charge is 0.463 e. The van der Waals surface area contributed by atoms with Crippen molar-refractivity contribution in [1.29, 1.82) is 0 Å². The molecule has 0 saturated carbocycles. The van der Waals surface area contributed by atoms with Gasteiger partial charge in [0.25, 0.3) is 0 Å². The fraction of sp³-hybridized carbons (Fsp3) is 0.643. The fourth-order valence-corrected chi connectivity index (χ4v) is 6.89. The number of ketones is 1. The highest BCUT2D eigenvalue weighted by Crippen LogP contribution is 2.34. The van der Waals surface area contributed by atoms with E-state index in [4.69, 9.17) is 37.9 Å². The zero-order valence-electron chi connectivity index (χ0n) is 33.8. The van der Waals surface area contributed by atoms with Crippen LogP contribution in [0.1, 0.15) is 98.0 Å². The second-order valence-corrected chi connectivity index (χ2v) is 14.7. The van der Waals surface area contributed by atoms with Gasteiger partial charge in [0.05, 0.1) is 18.6 Å². The average Bonchev–Trinajstić information content (AvgIpc) is 3.20. The topological polar surface area (TPSA) is 220 Å². The Morgan fingerprint density at radius 2 is 1.55 bits per heavy atom. The minimum Gasteiger partial charge on any atom is -0.463 e. The Kier molecular flexibility index (Phi) is 18.5. The highest BCUT2D eigenvalue weighted by Gasteiger charge is 2.55. The molecule has 3 saturated heterocycles. The standard InChI is InChI=1S/C42H58O16/c1-6-14-28-17-12-9-13-18-29(44)30(45)20-22-32(46)51-23-31-37(56-33(47)21-19-27-15-10-8-11-16-27)38(57-40(50)24(3)7-2)35(49)41(55-31)58-39-34(48)36(53-26(5)43)25(4)52-42(39)54-28/h7-8,10-11,15-16,19,21,25,28-29,31,34-39,41-42,44,48-49H,6,9,12-14,17-18,20,22-23H2,1-5H3/b21-19+,24-7-/t25-,28-,29-,31-,34+,35+,36+,37+,38+,39-,41-,42+/m0/s1. The second kappa shape index (κ2) is 22.9. The third kappa shape index (κ3) is 13.5. The van der Waals surface area contributed by atoms with Crippen LogP contribution in [0.4, 0.5) is 0 Å². The molecule has 16 nitrogen and oxygen atoms in total. The van der Waals surface area contributed by atoms with Crippen molar-refractivity contribution in [1.82, 2.24) is 0 Å². The van der Waals surface area contributed by atoms with Crippen LogP contribution >= 0.6 is 0 Å². The molecule has 3 aliphatic rings. The van der Waals surface area contributed by atoms with Crippen LogP contribution in [0.5, 0.6) is 0 Å². The van der Waals surface area contributed by atoms with Gasteiger partial charge >= 0.3 is 23.9 Å². The second-order valence-electron chi connectivity index (χ2n) is 14.7. The Morgan fingerprint density at radius 1 is 0.828 bits per heavy atom. The van der Waals surface area contributed by atoms with Gasteiger partial charge in [-0.15, -0.1) is 0 Å². The van der Waals surface area contributed by atoms with Gasteiger partial charge in [-0.3, -0.25) is 14.4 Å². The molecule has 0 aliphatic carbocycles. The molecule has 4 rings (SSSR count). The van der Waals surface area contributed by atoms with Gasteiger partial charge in [0.2, 0.25) is 0 Å². The average molecular weight is 819 g/mol. The van der Waals surface area contributed by atoms with E-state index in [-0.39, 0.29) is 24.8 Å². The maximum atomic E-state index is 13.3. The first-order chi connectivity index (χ1) is 27.7. The summed E-state index contributed by atoms with van der Waals surface area (Å²) in [4.78, 5) is 64.3. The maximum absolute atomic E-state index is 13.3. The predicted octanol–water partition coefficient (Wildman–Crippen LogP) is 3.40. The SMILES string of the molecule is C/C=C(/C)C(=O)O[C@@H]1[C@@H](O)[C@@H]2O[C@@H]3[C@@H](O[C@@H](CCC)CCCCC[C@H](O)C(=O)CCC(=O)OC[C@H](O2)[C@H]1OC(=O)/C=C/c1ccccc1)O[C@@H](C)[C@@H](OC(C)=O)[C@H]3O. The zero-order chi connectivity index (χ0) is 42.4. The molecule has 0 radical (unpaired) electrons. The Balaban J connectivity index is 1.75. The van der Waals surface area contributed by atoms with Crippen LogP contribution in [0, 0.1) is 0 Å². The number of aliphatic hydroxyl groups excluding tert-OH is 3. The number of benzene rings is 1. The minimum absolute atomic E-state index is 0.151. The van der Waals surface area contributed by atoms with E-state index < -0.39 is 110 Å². The van der Waals surface area contributed by atoms with Crippen molar-refractivity contribution in [3.63, 3.8) is 0 Å². The molecule has 1 aromatic rings. The Bertz CT molecular complexity index is 1580. The normalized spacial score (nSPS) is 33.6. The number of carbonyl (C=O) groups is 5. The van der Waals surface area contributed by atoms with Gasteiger partial charge in [-0.1, -0.05) is 69.0 Å². The van der Waals surface area contributed by atoms with Gasteiger partial charge in [0.15, 0.2) is 36.7 Å². The smallest absolute Gasteiger partial charge is 0.333 e. The van der Waals surface area contributed by atoms with Crippen molar-refractivity contribution in [3.05, 3.63) is 53.6 Å². The first kappa shape index (κ1) is 46.7. The van der Waals surface area contributed by atoms with E-state index in [0.717, 1.165) is 12.5 Å². The lowest BCUT2D eigenvalue weighted by Gasteiger charge is -2.47. The minimum atomic E-state index is -1.90. The quantitative estimate of drug-likeness (QED) is 0.194. The summed E-state index contributed by atoms with van der Waals surface area (Å²) >= 11 is 0. The molecular weight excluding hydrogens is 760 g/mol. The molecule has 1 aromatic carbocycles. The number of carbonyl (C=O) groups excluding carboxylic acids is 5. The van der Waals surface area contributed by atoms with Gasteiger partial charge < -0.3 is 53.2 Å². The van der Waals surface area contributed by atoms with Crippen LogP contribution in [-0.2, 0) is 61.9 Å². The summed E-state index contributed by atoms with van der Waals surface area (Å²) < 4.78 is 47.5. The number of aliphatic hydroxyl groups is 3. The molecule has 3 N–H and O–H groups in total. The van der Waals surface area contributed by atoms with Gasteiger partial charge in [-0.25, -0.2) is 9.59 Å². The van der Waals surface area contributed by atoms with Crippen LogP contribution in [0.2, 0.25) is 0 Å². The molecule has 3 aliphatic heterocycles. The molecule has 322 valence electrons. The van der Waals surface area contributed by atoms with E-state index >= 15 is 0 Å². The number of ether oxygens (including phenoxy) is 8. The predicted molar refractivity (Wildman–Crippen MR) is 204 cm³/mol. The molecule has 3 fully saturated rings. The van der Waals surface area contributed by atoms with E-state index in [0.29, 0.717) is 37.7 Å². The fourth-order valence-electron chi connectivity index (χ4n) is 6.89. The number of esters is 4. The van der Waals surface area contributed by atoms with Crippen LogP contribution in [0.25, 0.3) is 6.08 Å². The van der Waals surface area contributed by atoms with E-state index in [9.17, 15) is 39.3 Å². The van der Waals surface area contributed by atoms with Crippen molar-refractivity contribution in [3.8, 4) is 0 Å². The molecule has 0 unspecified atom stereocenters. The first-order valence-electron chi connectivity index (χ1n) is 20.0. The van der Waals surface area contributed by atoms with Crippen molar-refractivity contribution in [2.24, 2.45) is 0 Å². The summed E-state index contributed by atoms with van der Waals surface area (Å²) in [5.41, 5.74) is 0.821. The summed E-state index contributed by atoms with van der Waals surface area (Å²) in [5, 5.41) is 34.1. The van der Waals surface area contributed by atoms with Gasteiger partial charge in [-0.2, -0.15) is 0 Å². The third-order valence-corrected chi connectivity index (χ3v) is 10.2. The van der Waals surface area contributed by atoms with Gasteiger partial charge in [0.1, 0.15) is 37.1 Å². The molecule has 0 spiro atoms. The number of hydrogen-bond acceptors (Lipinski definition) is 16. The summed E-state index contributed by atoms with van der Waals surface area (Å²) in [7, 11) is 0. The van der Waals surface area contributed by atoms with Crippen molar-refractivity contribution in [2.45, 2.75) is 166 Å². The van der Waals surface area contributed by atoms with E-state index in [1.165, 1.54) is 26.0 Å². The summed E-state index contributed by atoms with van der Waals surface area (Å²) in [6.45, 7) is 7.17. The number of Topliss-reactive ketones (excluding diaryl/α,β-unsaturated/α-hetero) is 1. The molecule has 16 heteroatoms. The lowest BCUT2D eigenvalue weighted by molar-refractivity contribution is -0.369. The number of fused-ring (bicyclic) bond motifs is 3. The van der Waals surface area contributed by atoms with Crippen molar-refractivity contribution in [2.75, 3.05) is 6.61 Å². The molecular formula is C42H58O16. The molecule has 2 bridgehead atoms. The zero-order valence-corrected chi connectivity index (χ0v) is 33.8. The first-order valence-corrected chi connectivity index (χ1v) is 20.0. The monoisotopic (exact) mass is 818 g/mol. The molecule has 3 heterocycles. The van der Waals surface area contributed by atoms with Crippen LogP contribution in [0.15, 0.2) is 48.1 Å². The highest BCUT2D eigenvalue weighted by atomic mass is 16.8. The molecule has 58 heavy (non-hydrogen) atoms. The lowest BCUT2D eigenvalue weighted by atomic mass is 9.96. The molecule has 12 atom stereocenters. The highest BCUT2D eigenvalue weighted by molar-refractivity contribution is 5.88. The molecule has 0 aromatic heterocycles. The van der Waals surface area contributed by atoms with Crippen molar-refractivity contribution >= 4 is 35.7 Å². The number of allylic oxidation sites excluding steroid dienone is 1. The number of cyclic esters (lactones) is 1. The van der Waals surface area contributed by atoms with E-state index in [1.807, 2.05) is 6.92 Å². The van der Waals surface area contributed by atoms with Crippen LogP contribution < -0.4 is 0 Å². The van der Waals surface area contributed by atoms with Crippen LogP contribution in [-0.4, -0.2) is 125 Å². The lowest BCUT2D eigenvalue weighted by Crippen LogP contribution is -2.65. The number of rotatable bonds is 8. The van der Waals surface area contributed by atoms with E-state index in [1.54, 1.807) is 44.2 Å². The molecule has 0 amide bonds. The Labute approximate surface area is 338 Å². The Hall–Kier alpha value is -4.03. The van der Waals surface area contributed by atoms with Crippen molar-refractivity contribution < 1.29 is 77.2 Å². The Morgan fingerprint density at radius 3 is 2.24 bits per heavy atom. The van der Waals surface area contributed by atoms with Gasteiger partial charge in [0, 0.05) is 25.0 Å². The van der Waals surface area contributed by atoms with Crippen LogP contribution in [0.3, 0.4) is 0 Å². The summed E-state index contributed by atoms with van der Waals surface area (Å²) in [6, 6.07) is 8.84.